The number of thioether (sulfide) groups is 1. The van der Waals surface area contributed by atoms with Crippen LogP contribution in [0.2, 0.25) is 0 Å². The summed E-state index contributed by atoms with van der Waals surface area (Å²) < 4.78 is 2.03. The van der Waals surface area contributed by atoms with E-state index in [1.807, 2.05) is 16.5 Å². The second kappa shape index (κ2) is 6.05. The first kappa shape index (κ1) is 15.4. The van der Waals surface area contributed by atoms with Crippen LogP contribution in [0.4, 0.5) is 0 Å². The third kappa shape index (κ3) is 2.62. The van der Waals surface area contributed by atoms with Gasteiger partial charge in [-0.3, -0.25) is 4.79 Å². The number of aryl methyl sites for hydroxylation is 2. The van der Waals surface area contributed by atoms with E-state index in [-0.39, 0.29) is 5.91 Å². The van der Waals surface area contributed by atoms with Crippen LogP contribution >= 0.6 is 11.8 Å². The summed E-state index contributed by atoms with van der Waals surface area (Å²) in [6.45, 7) is 3.81. The number of aromatic nitrogens is 4. The van der Waals surface area contributed by atoms with Gasteiger partial charge in [-0.2, -0.15) is 0 Å². The maximum Gasteiger partial charge on any atom is 0.233 e. The number of carbonyl (C=O) groups is 1. The number of fused-ring (bicyclic) bond motifs is 3. The van der Waals surface area contributed by atoms with Gasteiger partial charge in [-0.1, -0.05) is 23.4 Å². The van der Waals surface area contributed by atoms with Gasteiger partial charge in [0.05, 0.1) is 11.3 Å². The molecule has 0 atom stereocenters. The SMILES string of the molecule is Cc1ccc2c(c1)c1nnc(SCC(=O)N3CCCC3)nc1n2C. The molecule has 2 aromatic heterocycles. The van der Waals surface area contributed by atoms with Crippen molar-refractivity contribution < 1.29 is 4.79 Å². The van der Waals surface area contributed by atoms with E-state index in [4.69, 9.17) is 0 Å². The minimum atomic E-state index is 0.161. The van der Waals surface area contributed by atoms with Crippen molar-refractivity contribution in [3.8, 4) is 0 Å². The first-order valence-corrected chi connectivity index (χ1v) is 9.12. The minimum absolute atomic E-state index is 0.161. The van der Waals surface area contributed by atoms with E-state index < -0.39 is 0 Å². The summed E-state index contributed by atoms with van der Waals surface area (Å²) in [6, 6.07) is 6.27. The Kier molecular flexibility index (Phi) is 3.88. The lowest BCUT2D eigenvalue weighted by Gasteiger charge is -2.13. The molecule has 3 heterocycles. The Morgan fingerprint density at radius 1 is 1.25 bits per heavy atom. The predicted octanol–water partition coefficient (Wildman–Crippen LogP) is 2.54. The van der Waals surface area contributed by atoms with Crippen molar-refractivity contribution in [3.63, 3.8) is 0 Å². The zero-order chi connectivity index (χ0) is 16.7. The first-order valence-electron chi connectivity index (χ1n) is 8.13. The van der Waals surface area contributed by atoms with Gasteiger partial charge in [-0.25, -0.2) is 4.98 Å². The smallest absolute Gasteiger partial charge is 0.233 e. The number of rotatable bonds is 3. The van der Waals surface area contributed by atoms with E-state index in [1.165, 1.54) is 17.3 Å². The van der Waals surface area contributed by atoms with Gasteiger partial charge in [-0.15, -0.1) is 10.2 Å². The second-order valence-electron chi connectivity index (χ2n) is 6.22. The quantitative estimate of drug-likeness (QED) is 0.685. The normalized spacial score (nSPS) is 14.8. The molecule has 0 spiro atoms. The summed E-state index contributed by atoms with van der Waals surface area (Å²) in [7, 11) is 1.98. The summed E-state index contributed by atoms with van der Waals surface area (Å²) in [5.41, 5.74) is 3.90. The molecule has 0 aliphatic carbocycles. The molecular formula is C17H19N5OS. The fraction of sp³-hybridized carbons (Fsp3) is 0.412. The van der Waals surface area contributed by atoms with Crippen LogP contribution in [0.15, 0.2) is 23.4 Å². The summed E-state index contributed by atoms with van der Waals surface area (Å²) in [5, 5.41) is 10.2. The molecule has 3 aromatic rings. The summed E-state index contributed by atoms with van der Waals surface area (Å²) >= 11 is 1.36. The minimum Gasteiger partial charge on any atom is -0.342 e. The van der Waals surface area contributed by atoms with Gasteiger partial charge in [0.1, 0.15) is 5.52 Å². The van der Waals surface area contributed by atoms with Gasteiger partial charge in [0.25, 0.3) is 0 Å². The maximum absolute atomic E-state index is 12.2. The van der Waals surface area contributed by atoms with Crippen LogP contribution in [0.3, 0.4) is 0 Å². The molecule has 0 saturated carbocycles. The Bertz CT molecular complexity index is 930. The zero-order valence-corrected chi connectivity index (χ0v) is 14.6. The van der Waals surface area contributed by atoms with Crippen molar-refractivity contribution >= 4 is 39.7 Å². The zero-order valence-electron chi connectivity index (χ0n) is 13.8. The summed E-state index contributed by atoms with van der Waals surface area (Å²) in [4.78, 5) is 18.7. The average Bonchev–Trinajstić information content (AvgIpc) is 3.21. The highest BCUT2D eigenvalue weighted by Crippen LogP contribution is 2.27. The number of hydrogen-bond acceptors (Lipinski definition) is 5. The molecule has 0 bridgehead atoms. The Hall–Kier alpha value is -2.15. The van der Waals surface area contributed by atoms with E-state index >= 15 is 0 Å². The monoisotopic (exact) mass is 341 g/mol. The lowest BCUT2D eigenvalue weighted by atomic mass is 10.2. The van der Waals surface area contributed by atoms with Gasteiger partial charge in [0, 0.05) is 25.5 Å². The Balaban J connectivity index is 1.62. The van der Waals surface area contributed by atoms with E-state index in [9.17, 15) is 4.79 Å². The number of likely N-dealkylation sites (tertiary alicyclic amines) is 1. The molecule has 24 heavy (non-hydrogen) atoms. The largest absolute Gasteiger partial charge is 0.342 e. The van der Waals surface area contributed by atoms with Crippen LogP contribution in [0.5, 0.6) is 0 Å². The van der Waals surface area contributed by atoms with Crippen LogP contribution in [-0.2, 0) is 11.8 Å². The fourth-order valence-corrected chi connectivity index (χ4v) is 3.89. The highest BCUT2D eigenvalue weighted by atomic mass is 32.2. The van der Waals surface area contributed by atoms with Gasteiger partial charge in [-0.05, 0) is 31.9 Å². The van der Waals surface area contributed by atoms with Crippen molar-refractivity contribution in [2.24, 2.45) is 7.05 Å². The molecule has 7 heteroatoms. The Morgan fingerprint density at radius 2 is 2.04 bits per heavy atom. The average molecular weight is 341 g/mol. The van der Waals surface area contributed by atoms with Gasteiger partial charge < -0.3 is 9.47 Å². The van der Waals surface area contributed by atoms with E-state index in [1.54, 1.807) is 0 Å². The maximum atomic E-state index is 12.2. The van der Waals surface area contributed by atoms with E-state index in [0.717, 1.165) is 48.0 Å². The lowest BCUT2D eigenvalue weighted by molar-refractivity contribution is -0.127. The molecular weight excluding hydrogens is 322 g/mol. The molecule has 0 unspecified atom stereocenters. The highest BCUT2D eigenvalue weighted by molar-refractivity contribution is 7.99. The van der Waals surface area contributed by atoms with Crippen LogP contribution in [0.1, 0.15) is 18.4 Å². The van der Waals surface area contributed by atoms with Crippen molar-refractivity contribution in [2.75, 3.05) is 18.8 Å². The topological polar surface area (TPSA) is 63.9 Å². The third-order valence-electron chi connectivity index (χ3n) is 4.52. The van der Waals surface area contributed by atoms with Crippen molar-refractivity contribution in [1.82, 2.24) is 24.6 Å². The van der Waals surface area contributed by atoms with Crippen molar-refractivity contribution in [2.45, 2.75) is 24.9 Å². The number of amides is 1. The molecule has 1 amide bonds. The first-order chi connectivity index (χ1) is 11.6. The molecule has 1 aromatic carbocycles. The fourth-order valence-electron chi connectivity index (χ4n) is 3.20. The molecule has 1 saturated heterocycles. The molecule has 0 N–H and O–H groups in total. The number of benzene rings is 1. The van der Waals surface area contributed by atoms with Gasteiger partial charge in [0.15, 0.2) is 5.65 Å². The summed E-state index contributed by atoms with van der Waals surface area (Å²) in [6.07, 6.45) is 2.21. The number of hydrogen-bond donors (Lipinski definition) is 0. The lowest BCUT2D eigenvalue weighted by Crippen LogP contribution is -2.29. The van der Waals surface area contributed by atoms with Gasteiger partial charge >= 0.3 is 0 Å². The predicted molar refractivity (Wildman–Crippen MR) is 95.1 cm³/mol. The molecule has 0 radical (unpaired) electrons. The second-order valence-corrected chi connectivity index (χ2v) is 7.17. The van der Waals surface area contributed by atoms with Crippen molar-refractivity contribution in [3.05, 3.63) is 23.8 Å². The summed E-state index contributed by atoms with van der Waals surface area (Å²) in [5.74, 6) is 0.532. The molecule has 4 rings (SSSR count). The number of carbonyl (C=O) groups excluding carboxylic acids is 1. The molecule has 124 valence electrons. The molecule has 6 nitrogen and oxygen atoms in total. The van der Waals surface area contributed by atoms with Crippen LogP contribution in [0.25, 0.3) is 22.1 Å². The highest BCUT2D eigenvalue weighted by Gasteiger charge is 2.19. The van der Waals surface area contributed by atoms with Crippen LogP contribution in [0, 0.1) is 6.92 Å². The van der Waals surface area contributed by atoms with Crippen molar-refractivity contribution in [1.29, 1.82) is 0 Å². The number of nitrogens with zero attached hydrogens (tertiary/aromatic N) is 5. The van der Waals surface area contributed by atoms with E-state index in [2.05, 4.69) is 40.3 Å². The van der Waals surface area contributed by atoms with Gasteiger partial charge in [0.2, 0.25) is 11.1 Å². The molecule has 1 fully saturated rings. The third-order valence-corrected chi connectivity index (χ3v) is 5.34. The van der Waals surface area contributed by atoms with Crippen LogP contribution in [-0.4, -0.2) is 49.4 Å². The Morgan fingerprint density at radius 3 is 2.83 bits per heavy atom. The van der Waals surface area contributed by atoms with E-state index in [0.29, 0.717) is 10.9 Å². The Labute approximate surface area is 144 Å². The van der Waals surface area contributed by atoms with Crippen LogP contribution < -0.4 is 0 Å². The standard InChI is InChI=1S/C17H19N5OS/c1-11-5-6-13-12(9-11)15-16(21(13)2)18-17(20-19-15)24-10-14(23)22-7-3-4-8-22/h5-6,9H,3-4,7-8,10H2,1-2H3. The molecule has 1 aliphatic heterocycles. The molecule has 1 aliphatic rings.